The normalized spacial score (nSPS) is 11.4. The zero-order chi connectivity index (χ0) is 90.6. The van der Waals surface area contributed by atoms with E-state index < -0.39 is 0 Å². The molecule has 0 saturated carbocycles. The fraction of sp³-hybridized carbons (Fsp3) is 0.170. The van der Waals surface area contributed by atoms with Crippen LogP contribution < -0.4 is 47.5 Å². The molecule has 1 fully saturated rings. The van der Waals surface area contributed by atoms with Crippen LogP contribution in [0.25, 0.3) is 110 Å². The number of benzene rings is 10. The molecule has 0 atom stereocenters. The topological polar surface area (TPSA) is 423 Å². The largest absolute Gasteiger partial charge is 1.00 e. The van der Waals surface area contributed by atoms with Gasteiger partial charge >= 0.3 is 36.8 Å². The van der Waals surface area contributed by atoms with Crippen molar-refractivity contribution in [3.05, 3.63) is 329 Å². The van der Waals surface area contributed by atoms with Crippen LogP contribution in [0.5, 0.6) is 0 Å². The zero-order valence-electron chi connectivity index (χ0n) is 73.7. The molecule has 10 aromatic heterocycles. The van der Waals surface area contributed by atoms with Crippen LogP contribution in [0.3, 0.4) is 0 Å². The average molecular weight is 1840 g/mol. The Morgan fingerprint density at radius 3 is 1.09 bits per heavy atom. The number of aliphatic hydroxyl groups excluding tert-OH is 2. The van der Waals surface area contributed by atoms with E-state index in [1.807, 2.05) is 170 Å². The molecule has 1 aliphatic heterocycles. The second-order valence-electron chi connectivity index (χ2n) is 30.0. The first-order valence-electron chi connectivity index (χ1n) is 42.2. The summed E-state index contributed by atoms with van der Waals surface area (Å²) in [5.41, 5.74) is 51.6. The van der Waals surface area contributed by atoms with Gasteiger partial charge in [0.25, 0.3) is 0 Å². The van der Waals surface area contributed by atoms with E-state index in [4.69, 9.17) is 47.6 Å². The summed E-state index contributed by atoms with van der Waals surface area (Å²) in [5.74, 6) is 1.00. The predicted octanol–water partition coefficient (Wildman–Crippen LogP) is 13.4. The summed E-state index contributed by atoms with van der Waals surface area (Å²) < 4.78 is 27.7. The number of aromatic nitrogens is 15. The molecular formula is C100H99AlBrLiN20O9. The molecule has 11 heterocycles. The third-order valence-corrected chi connectivity index (χ3v) is 22.1. The molecule has 664 valence electrons. The van der Waals surface area contributed by atoms with Gasteiger partial charge in [-0.15, -0.1) is 0 Å². The number of pyridine rings is 5. The van der Waals surface area contributed by atoms with Crippen molar-refractivity contribution in [3.8, 4) is 0 Å². The number of hydrogen-bond acceptors (Lipinski definition) is 24. The van der Waals surface area contributed by atoms with Crippen molar-refractivity contribution in [2.24, 2.45) is 0 Å². The number of carbonyl (C=O) groups is 3. The van der Waals surface area contributed by atoms with Crippen LogP contribution in [-0.4, -0.2) is 152 Å². The summed E-state index contributed by atoms with van der Waals surface area (Å²) in [6, 6.07) is 77.5. The molecule has 0 bridgehead atoms. The van der Waals surface area contributed by atoms with Gasteiger partial charge in [-0.25, -0.2) is 39.3 Å². The number of nitrogens with two attached hydrogens (primary N) is 5. The van der Waals surface area contributed by atoms with E-state index in [0.29, 0.717) is 97.9 Å². The zero-order valence-corrected chi connectivity index (χ0v) is 74.2. The Hall–Kier alpha value is -14.5. The van der Waals surface area contributed by atoms with Crippen molar-refractivity contribution >= 4 is 191 Å². The summed E-state index contributed by atoms with van der Waals surface area (Å²) in [6.45, 7) is 10.6. The first kappa shape index (κ1) is 95.1. The van der Waals surface area contributed by atoms with Gasteiger partial charge in [0.1, 0.15) is 0 Å². The van der Waals surface area contributed by atoms with Crippen molar-refractivity contribution in [1.82, 2.24) is 73.1 Å². The predicted molar refractivity (Wildman–Crippen MR) is 526 cm³/mol. The number of para-hydroxylation sites is 5. The van der Waals surface area contributed by atoms with E-state index in [1.54, 1.807) is 94.1 Å². The molecule has 0 aliphatic carbocycles. The Morgan fingerprint density at radius 2 is 0.697 bits per heavy atom. The molecule has 29 nitrogen and oxygen atoms in total. The van der Waals surface area contributed by atoms with Crippen LogP contribution in [0.1, 0.15) is 105 Å². The molecule has 1 saturated heterocycles. The van der Waals surface area contributed by atoms with Crippen LogP contribution in [0.15, 0.2) is 274 Å². The van der Waals surface area contributed by atoms with Crippen molar-refractivity contribution < 1.29 is 63.8 Å². The molecule has 10 aromatic carbocycles. The number of ether oxygens (including phenoxy) is 4. The number of fused-ring (bicyclic) bond motifs is 10. The maximum Gasteiger partial charge on any atom is 1.00 e. The number of carbonyl (C=O) groups excluding carboxylic acids is 3. The first-order chi connectivity index (χ1) is 63.5. The van der Waals surface area contributed by atoms with Crippen LogP contribution in [0.4, 0.5) is 29.7 Å². The number of nitrogens with one attached hydrogen (secondary N) is 1. The van der Waals surface area contributed by atoms with Gasteiger partial charge in [-0.2, -0.15) is 0 Å². The van der Waals surface area contributed by atoms with Crippen LogP contribution in [0, 0.1) is 0 Å². The molecule has 1 aliphatic rings. The molecule has 21 rings (SSSR count). The van der Waals surface area contributed by atoms with Crippen molar-refractivity contribution in [1.29, 1.82) is 0 Å². The SMILES string of the molecule is BrCc1cccc2cccnc12.C1CCOC1.CCOC(=O)c1ccc2c(c1)nc(N)n2Cc1cccc2cccnc12.CCOC(=O)c1ccc2nc(N)[nH]c2c1.CCOC(=O)c1ccc2nc(N)n(Cc3cccc4cccnc34)c2c1.Nc1nc2cc(CO)ccc2n1Cc1cccc2cccnc12.Nc1nc2ccc(CO)cc2n1Cc1cccc2cccnc12.[AlH3].[H-].[Li+]. The van der Waals surface area contributed by atoms with Crippen molar-refractivity contribution in [2.75, 3.05) is 61.7 Å². The number of H-pyrrole nitrogens is 1. The standard InChI is InChI=1S/2C20H18N4O2.2C18H16N4O.C10H8BrN.C10H11N3O2.C4H8O.Al.Li.4H/c1-2-26-19(25)14-8-9-17-16(11-14)23-20(21)24(17)12-15-6-3-5-13-7-4-10-22-18(13)15;1-2-26-19(25)14-8-9-16-17(11-14)24(20(21)23-16)12-15-6-3-5-13-7-4-10-22-18(13)15;19-18-21-15-9-12(11-23)6-7-16(15)22(18)10-14-4-1-3-13-5-2-8-20-17(13)14;19-18-21-15-7-6-12(11-23)9-16(15)22(18)10-14-4-1-3-13-5-2-8-20-17(13)14;11-7-9-4-1-3-8-5-2-6-12-10(8)9;1-2-15-9(14)6-3-4-7-8(5-6)13-10(11)12-7;1-2-4-5-3-1;;;;;;/h2*3-11H,2,12H2,1H3,(H2,21,23);2*1-9,23H,10-11H2,(H2,19,21);1-6H,7H2;3-5H,2H2,1H3,(H3,11,12,13);1-4H2;;;;;;/q;;;;;;;;+1;;;;-1. The van der Waals surface area contributed by atoms with Gasteiger partial charge in [0, 0.05) is 76.5 Å². The Kier molecular flexibility index (Phi) is 32.5. The van der Waals surface area contributed by atoms with E-state index in [2.05, 4.69) is 119 Å². The minimum atomic E-state index is -0.360. The molecule has 13 N–H and O–H groups in total. The van der Waals surface area contributed by atoms with Gasteiger partial charge in [0.15, 0.2) is 23.3 Å². The number of nitrogens with zero attached hydrogens (tertiary/aromatic N) is 14. The molecule has 0 unspecified atom stereocenters. The minimum absolute atomic E-state index is 0. The molecule has 132 heavy (non-hydrogen) atoms. The molecule has 0 spiro atoms. The summed E-state index contributed by atoms with van der Waals surface area (Å²) in [6.07, 6.45) is 11.5. The van der Waals surface area contributed by atoms with Crippen molar-refractivity contribution in [2.45, 2.75) is 78.3 Å². The quantitative estimate of drug-likeness (QED) is 0.0182. The van der Waals surface area contributed by atoms with Crippen LogP contribution >= 0.6 is 15.9 Å². The van der Waals surface area contributed by atoms with Gasteiger partial charge in [0.05, 0.1) is 159 Å². The van der Waals surface area contributed by atoms with Crippen molar-refractivity contribution in [3.63, 3.8) is 0 Å². The summed E-state index contributed by atoms with van der Waals surface area (Å²) in [7, 11) is 0. The van der Waals surface area contributed by atoms with E-state index >= 15 is 0 Å². The van der Waals surface area contributed by atoms with E-state index in [0.717, 1.165) is 151 Å². The van der Waals surface area contributed by atoms with Gasteiger partial charge in [-0.1, -0.05) is 149 Å². The fourth-order valence-corrected chi connectivity index (χ4v) is 15.7. The minimum Gasteiger partial charge on any atom is -1.00 e. The maximum absolute atomic E-state index is 12.0. The monoisotopic (exact) mass is 1840 g/mol. The number of alkyl halides is 1. The Bertz CT molecular complexity index is 7420. The summed E-state index contributed by atoms with van der Waals surface area (Å²) >= 11 is 3.44. The number of imidazole rings is 5. The number of anilines is 5. The molecule has 32 heteroatoms. The fourth-order valence-electron chi connectivity index (χ4n) is 15.2. The molecular weight excluding hydrogens is 1740 g/mol. The maximum atomic E-state index is 12.0. The number of nitrogen functional groups attached to an aromatic ring is 5. The Balaban J connectivity index is 0.000000144. The number of aliphatic hydroxyl groups is 2. The van der Waals surface area contributed by atoms with Gasteiger partial charge < -0.3 is 82.5 Å². The number of aromatic amines is 1. The second-order valence-corrected chi connectivity index (χ2v) is 30.6. The van der Waals surface area contributed by atoms with Crippen LogP contribution in [0.2, 0.25) is 0 Å². The van der Waals surface area contributed by atoms with Crippen LogP contribution in [-0.2, 0) is 63.7 Å². The van der Waals surface area contributed by atoms with Gasteiger partial charge in [-0.3, -0.25) is 24.9 Å². The molecule has 0 radical (unpaired) electrons. The Morgan fingerprint density at radius 1 is 0.379 bits per heavy atom. The number of rotatable bonds is 17. The number of halogens is 1. The smallest absolute Gasteiger partial charge is 1.00 e. The van der Waals surface area contributed by atoms with E-state index in [-0.39, 0.29) is 68.8 Å². The third-order valence-electron chi connectivity index (χ3n) is 21.5. The second kappa shape index (κ2) is 45.2. The Labute approximate surface area is 791 Å². The molecule has 20 aromatic rings. The van der Waals surface area contributed by atoms with E-state index in [9.17, 15) is 24.6 Å². The first-order valence-corrected chi connectivity index (χ1v) is 43.4. The summed E-state index contributed by atoms with van der Waals surface area (Å²) in [5, 5.41) is 25.0. The van der Waals surface area contributed by atoms with E-state index in [1.165, 1.54) is 23.8 Å². The number of hydrogen-bond donors (Lipinski definition) is 8. The average Bonchev–Trinajstić information content (AvgIpc) is 1.65. The van der Waals surface area contributed by atoms with Gasteiger partial charge in [-0.05, 0) is 182 Å². The third kappa shape index (κ3) is 22.5. The van der Waals surface area contributed by atoms with Gasteiger partial charge in [0.2, 0.25) is 23.8 Å². The molecule has 0 amide bonds. The summed E-state index contributed by atoms with van der Waals surface area (Å²) in [4.78, 5) is 82.2. The number of esters is 3.